The number of nitrogens with zero attached hydrogens (tertiary/aromatic N) is 2. The summed E-state index contributed by atoms with van der Waals surface area (Å²) in [6.07, 6.45) is 4.15. The van der Waals surface area contributed by atoms with Gasteiger partial charge in [-0.3, -0.25) is 19.2 Å². The van der Waals surface area contributed by atoms with Gasteiger partial charge in [0.25, 0.3) is 17.7 Å². The van der Waals surface area contributed by atoms with Crippen LogP contribution in [-0.2, 0) is 9.59 Å². The predicted octanol–water partition coefficient (Wildman–Crippen LogP) is 5.08. The summed E-state index contributed by atoms with van der Waals surface area (Å²) in [4.78, 5) is 53.1. The molecule has 0 bridgehead atoms. The molecule has 6 nitrogen and oxygen atoms in total. The molecular formula is C24H19Cl3N2O4. The van der Waals surface area contributed by atoms with Crippen molar-refractivity contribution in [1.82, 2.24) is 10.0 Å². The molecule has 1 saturated heterocycles. The molecule has 2 aromatic rings. The van der Waals surface area contributed by atoms with Gasteiger partial charge in [-0.2, -0.15) is 5.01 Å². The summed E-state index contributed by atoms with van der Waals surface area (Å²) >= 11 is 17.9. The Morgan fingerprint density at radius 2 is 1.64 bits per heavy atom. The van der Waals surface area contributed by atoms with Gasteiger partial charge in [-0.25, -0.2) is 5.01 Å². The largest absolute Gasteiger partial charge is 0.292 e. The fourth-order valence-electron chi connectivity index (χ4n) is 4.24. The zero-order chi connectivity index (χ0) is 23.9. The Morgan fingerprint density at radius 3 is 2.27 bits per heavy atom. The molecule has 3 amide bonds. The average Bonchev–Trinajstić information content (AvgIpc) is 3.05. The maximum absolute atomic E-state index is 13.5. The number of allylic oxidation sites excluding steroid dienone is 2. The standard InChI is InChI=1S/C24H19Cl3N2O4/c1-13-3-2-4-17-21(13)24(33)29(23(17)32)28(12-20(30)14-5-8-16(25)9-6-14)22(31)15-7-10-18(26)19(27)11-15/h2-3,5-11,13,17,21H,4,12H2,1H3/t13-,17+,21+/m1/s1. The van der Waals surface area contributed by atoms with Gasteiger partial charge in [-0.1, -0.05) is 53.9 Å². The highest BCUT2D eigenvalue weighted by molar-refractivity contribution is 6.42. The third-order valence-corrected chi connectivity index (χ3v) is 6.94. The number of Topliss-reactive ketones (excluding diaryl/α,β-unsaturated/α-hetero) is 1. The first-order valence-corrected chi connectivity index (χ1v) is 11.4. The summed E-state index contributed by atoms with van der Waals surface area (Å²) in [6, 6.07) is 10.3. The van der Waals surface area contributed by atoms with Gasteiger partial charge in [-0.15, -0.1) is 0 Å². The molecule has 4 rings (SSSR count). The van der Waals surface area contributed by atoms with Gasteiger partial charge in [-0.05, 0) is 54.8 Å². The smallest absolute Gasteiger partial charge is 0.273 e. The number of amides is 3. The first-order valence-electron chi connectivity index (χ1n) is 10.3. The van der Waals surface area contributed by atoms with Crippen LogP contribution in [0.15, 0.2) is 54.6 Å². The number of carbonyl (C=O) groups excluding carboxylic acids is 4. The van der Waals surface area contributed by atoms with Gasteiger partial charge in [0.15, 0.2) is 5.78 Å². The molecule has 2 aromatic carbocycles. The Balaban J connectivity index is 1.72. The number of hydrogen-bond acceptors (Lipinski definition) is 4. The molecule has 1 aliphatic carbocycles. The lowest BCUT2D eigenvalue weighted by molar-refractivity contribution is -0.154. The molecule has 0 aromatic heterocycles. The van der Waals surface area contributed by atoms with Crippen LogP contribution >= 0.6 is 34.8 Å². The summed E-state index contributed by atoms with van der Waals surface area (Å²) in [5.74, 6) is -3.50. The van der Waals surface area contributed by atoms with Crippen LogP contribution < -0.4 is 0 Å². The van der Waals surface area contributed by atoms with E-state index in [-0.39, 0.29) is 27.1 Å². The maximum atomic E-state index is 13.5. The molecule has 2 aliphatic rings. The minimum atomic E-state index is -0.711. The van der Waals surface area contributed by atoms with Gasteiger partial charge in [0.2, 0.25) is 0 Å². The van der Waals surface area contributed by atoms with Crippen molar-refractivity contribution in [2.75, 3.05) is 6.54 Å². The van der Waals surface area contributed by atoms with Crippen molar-refractivity contribution in [3.63, 3.8) is 0 Å². The van der Waals surface area contributed by atoms with E-state index >= 15 is 0 Å². The van der Waals surface area contributed by atoms with E-state index in [1.54, 1.807) is 12.1 Å². The zero-order valence-electron chi connectivity index (χ0n) is 17.5. The molecule has 0 radical (unpaired) electrons. The van der Waals surface area contributed by atoms with Crippen LogP contribution in [-0.4, -0.2) is 40.1 Å². The van der Waals surface area contributed by atoms with Crippen LogP contribution in [0.5, 0.6) is 0 Å². The fraction of sp³-hybridized carbons (Fsp3) is 0.250. The number of rotatable bonds is 5. The average molecular weight is 506 g/mol. The van der Waals surface area contributed by atoms with Crippen LogP contribution in [0.1, 0.15) is 34.1 Å². The van der Waals surface area contributed by atoms with E-state index in [0.29, 0.717) is 11.4 Å². The number of benzene rings is 2. The molecule has 1 fully saturated rings. The molecule has 170 valence electrons. The number of hydrogen-bond donors (Lipinski definition) is 0. The van der Waals surface area contributed by atoms with E-state index in [1.807, 2.05) is 19.1 Å². The molecule has 0 spiro atoms. The van der Waals surface area contributed by atoms with E-state index in [2.05, 4.69) is 0 Å². The summed E-state index contributed by atoms with van der Waals surface area (Å²) in [5, 5.41) is 2.57. The number of ketones is 1. The van der Waals surface area contributed by atoms with E-state index in [4.69, 9.17) is 34.8 Å². The second-order valence-electron chi connectivity index (χ2n) is 8.07. The number of fused-ring (bicyclic) bond motifs is 1. The number of halogens is 3. The van der Waals surface area contributed by atoms with Crippen molar-refractivity contribution in [3.8, 4) is 0 Å². The number of hydrazine groups is 1. The third kappa shape index (κ3) is 4.43. The monoisotopic (exact) mass is 504 g/mol. The molecule has 3 atom stereocenters. The van der Waals surface area contributed by atoms with Crippen LogP contribution in [0.3, 0.4) is 0 Å². The second-order valence-corrected chi connectivity index (χ2v) is 9.32. The lowest BCUT2D eigenvalue weighted by Crippen LogP contribution is -2.52. The van der Waals surface area contributed by atoms with Crippen molar-refractivity contribution < 1.29 is 19.2 Å². The predicted molar refractivity (Wildman–Crippen MR) is 125 cm³/mol. The molecule has 9 heteroatoms. The highest BCUT2D eigenvalue weighted by Gasteiger charge is 2.53. The summed E-state index contributed by atoms with van der Waals surface area (Å²) in [5.41, 5.74) is 0.382. The zero-order valence-corrected chi connectivity index (χ0v) is 19.8. The highest BCUT2D eigenvalue weighted by Crippen LogP contribution is 2.39. The quantitative estimate of drug-likeness (QED) is 0.322. The molecule has 0 unspecified atom stereocenters. The Labute approximate surface area is 205 Å². The normalized spacial score (nSPS) is 21.8. The minimum absolute atomic E-state index is 0.0925. The molecule has 33 heavy (non-hydrogen) atoms. The fourth-order valence-corrected chi connectivity index (χ4v) is 4.67. The first-order chi connectivity index (χ1) is 15.7. The van der Waals surface area contributed by atoms with Gasteiger partial charge in [0, 0.05) is 16.1 Å². The molecule has 1 heterocycles. The summed E-state index contributed by atoms with van der Waals surface area (Å²) < 4.78 is 0. The number of carbonyl (C=O) groups is 4. The van der Waals surface area contributed by atoms with Crippen molar-refractivity contribution in [2.45, 2.75) is 13.3 Å². The Bertz CT molecular complexity index is 1180. The molecule has 1 aliphatic heterocycles. The lowest BCUT2D eigenvalue weighted by atomic mass is 9.78. The Kier molecular flexibility index (Phi) is 6.61. The third-order valence-electron chi connectivity index (χ3n) is 5.95. The first kappa shape index (κ1) is 23.5. The van der Waals surface area contributed by atoms with Crippen molar-refractivity contribution in [2.24, 2.45) is 17.8 Å². The van der Waals surface area contributed by atoms with Crippen LogP contribution in [0.4, 0.5) is 0 Å². The topological polar surface area (TPSA) is 74.8 Å². The van der Waals surface area contributed by atoms with Gasteiger partial charge < -0.3 is 0 Å². The molecular weight excluding hydrogens is 487 g/mol. The van der Waals surface area contributed by atoms with E-state index in [0.717, 1.165) is 10.0 Å². The second kappa shape index (κ2) is 9.29. The van der Waals surface area contributed by atoms with Crippen LogP contribution in [0.2, 0.25) is 15.1 Å². The molecule has 0 saturated carbocycles. The van der Waals surface area contributed by atoms with Crippen molar-refractivity contribution in [1.29, 1.82) is 0 Å². The van der Waals surface area contributed by atoms with Crippen molar-refractivity contribution >= 4 is 58.3 Å². The minimum Gasteiger partial charge on any atom is -0.292 e. The summed E-state index contributed by atoms with van der Waals surface area (Å²) in [7, 11) is 0. The van der Waals surface area contributed by atoms with E-state index < -0.39 is 41.9 Å². The van der Waals surface area contributed by atoms with E-state index in [9.17, 15) is 19.2 Å². The van der Waals surface area contributed by atoms with Gasteiger partial charge in [0.05, 0.1) is 21.9 Å². The Hall–Kier alpha value is -2.67. The maximum Gasteiger partial charge on any atom is 0.273 e. The summed E-state index contributed by atoms with van der Waals surface area (Å²) in [6.45, 7) is 1.34. The van der Waals surface area contributed by atoms with Crippen molar-refractivity contribution in [3.05, 3.63) is 80.8 Å². The highest BCUT2D eigenvalue weighted by atomic mass is 35.5. The molecule has 0 N–H and O–H groups in total. The van der Waals surface area contributed by atoms with Crippen LogP contribution in [0, 0.1) is 17.8 Å². The lowest BCUT2D eigenvalue weighted by Gasteiger charge is -2.30. The van der Waals surface area contributed by atoms with Gasteiger partial charge in [0.1, 0.15) is 6.54 Å². The number of imide groups is 1. The van der Waals surface area contributed by atoms with Gasteiger partial charge >= 0.3 is 0 Å². The SMILES string of the molecule is C[C@@H]1C=CC[C@@H]2C(=O)N(N(CC(=O)c3ccc(Cl)cc3)C(=O)c3ccc(Cl)c(Cl)c3)C(=O)[C@@H]12. The van der Waals surface area contributed by atoms with Crippen LogP contribution in [0.25, 0.3) is 0 Å². The van der Waals surface area contributed by atoms with E-state index in [1.165, 1.54) is 30.3 Å². The Morgan fingerprint density at radius 1 is 0.970 bits per heavy atom.